The lowest BCUT2D eigenvalue weighted by molar-refractivity contribution is -0.128. The van der Waals surface area contributed by atoms with Gasteiger partial charge in [0.2, 0.25) is 0 Å². The molecular formula is C22H29NO5. The number of benzene rings is 2. The van der Waals surface area contributed by atoms with Crippen molar-refractivity contribution in [2.75, 3.05) is 21.3 Å². The van der Waals surface area contributed by atoms with Crippen molar-refractivity contribution in [1.29, 1.82) is 0 Å². The largest absolute Gasteiger partial charge is 0.497 e. The van der Waals surface area contributed by atoms with Gasteiger partial charge in [0.1, 0.15) is 11.5 Å². The van der Waals surface area contributed by atoms with Gasteiger partial charge in [-0.3, -0.25) is 4.79 Å². The fourth-order valence-electron chi connectivity index (χ4n) is 2.90. The van der Waals surface area contributed by atoms with Gasteiger partial charge in [0.05, 0.1) is 27.4 Å². The Bertz CT molecular complexity index is 760. The minimum atomic E-state index is -0.581. The van der Waals surface area contributed by atoms with Crippen LogP contribution in [-0.2, 0) is 4.79 Å². The summed E-state index contributed by atoms with van der Waals surface area (Å²) in [7, 11) is 4.80. The molecule has 0 radical (unpaired) electrons. The van der Waals surface area contributed by atoms with Crippen LogP contribution in [0.3, 0.4) is 0 Å². The van der Waals surface area contributed by atoms with E-state index in [4.69, 9.17) is 18.9 Å². The molecule has 152 valence electrons. The zero-order valence-corrected chi connectivity index (χ0v) is 17.2. The monoisotopic (exact) mass is 387 g/mol. The summed E-state index contributed by atoms with van der Waals surface area (Å²) in [6, 6.07) is 12.7. The van der Waals surface area contributed by atoms with Crippen molar-refractivity contribution in [2.24, 2.45) is 0 Å². The molecule has 0 spiro atoms. The molecule has 2 rings (SSSR count). The highest BCUT2D eigenvalue weighted by molar-refractivity contribution is 5.81. The first-order chi connectivity index (χ1) is 13.6. The van der Waals surface area contributed by atoms with Gasteiger partial charge in [0.25, 0.3) is 5.91 Å². The maximum Gasteiger partial charge on any atom is 0.261 e. The summed E-state index contributed by atoms with van der Waals surface area (Å²) >= 11 is 0. The fraction of sp³-hybridized carbons (Fsp3) is 0.409. The van der Waals surface area contributed by atoms with Gasteiger partial charge >= 0.3 is 0 Å². The first-order valence-electron chi connectivity index (χ1n) is 9.39. The lowest BCUT2D eigenvalue weighted by Gasteiger charge is -2.23. The topological polar surface area (TPSA) is 66.0 Å². The third-order valence-electron chi connectivity index (χ3n) is 4.54. The molecule has 0 saturated heterocycles. The van der Waals surface area contributed by atoms with Gasteiger partial charge in [-0.1, -0.05) is 19.9 Å². The van der Waals surface area contributed by atoms with E-state index in [2.05, 4.69) is 5.32 Å². The molecule has 0 aliphatic heterocycles. The molecule has 2 aromatic carbocycles. The van der Waals surface area contributed by atoms with Gasteiger partial charge in [-0.15, -0.1) is 0 Å². The Labute approximate surface area is 166 Å². The highest BCUT2D eigenvalue weighted by Crippen LogP contribution is 2.31. The van der Waals surface area contributed by atoms with Crippen LogP contribution in [0.1, 0.15) is 38.3 Å². The van der Waals surface area contributed by atoms with E-state index in [1.165, 1.54) is 0 Å². The van der Waals surface area contributed by atoms with Crippen LogP contribution in [0.2, 0.25) is 0 Å². The molecule has 0 aliphatic carbocycles. The molecule has 28 heavy (non-hydrogen) atoms. The van der Waals surface area contributed by atoms with Crippen LogP contribution >= 0.6 is 0 Å². The lowest BCUT2D eigenvalue weighted by Crippen LogP contribution is -2.39. The molecule has 0 aromatic heterocycles. The van der Waals surface area contributed by atoms with E-state index in [-0.39, 0.29) is 11.9 Å². The van der Waals surface area contributed by atoms with E-state index in [0.717, 1.165) is 17.7 Å². The number of hydrogen-bond acceptors (Lipinski definition) is 5. The second-order valence-corrected chi connectivity index (χ2v) is 6.27. The van der Waals surface area contributed by atoms with Crippen molar-refractivity contribution in [3.8, 4) is 23.0 Å². The van der Waals surface area contributed by atoms with Crippen molar-refractivity contribution in [2.45, 2.75) is 38.8 Å². The maximum absolute atomic E-state index is 12.8. The molecule has 0 fully saturated rings. The average molecular weight is 387 g/mol. The quantitative estimate of drug-likeness (QED) is 0.664. The number of nitrogens with one attached hydrogen (secondary N) is 1. The Balaban J connectivity index is 2.10. The van der Waals surface area contributed by atoms with Crippen LogP contribution < -0.4 is 24.3 Å². The van der Waals surface area contributed by atoms with E-state index in [9.17, 15) is 4.79 Å². The highest BCUT2D eigenvalue weighted by Gasteiger charge is 2.22. The number of amides is 1. The number of ether oxygens (including phenoxy) is 4. The Hall–Kier alpha value is -2.89. The van der Waals surface area contributed by atoms with Gasteiger partial charge in [-0.25, -0.2) is 0 Å². The zero-order chi connectivity index (χ0) is 20.5. The lowest BCUT2D eigenvalue weighted by atomic mass is 10.0. The fourth-order valence-corrected chi connectivity index (χ4v) is 2.90. The number of rotatable bonds is 10. The minimum absolute atomic E-state index is 0.152. The number of methoxy groups -OCH3 is 3. The standard InChI is InChI=1S/C22H29NO5/c1-6-18(15-8-13-20(26-4)21(14-15)27-5)23-22(24)19(7-2)28-17-11-9-16(25-3)10-12-17/h8-14,18-19H,6-7H2,1-5H3,(H,23,24)/t18-,19+/m1/s1. The molecule has 1 N–H and O–H groups in total. The summed E-state index contributed by atoms with van der Waals surface area (Å²) in [5, 5.41) is 3.08. The highest BCUT2D eigenvalue weighted by atomic mass is 16.5. The summed E-state index contributed by atoms with van der Waals surface area (Å²) < 4.78 is 21.7. The molecular weight excluding hydrogens is 358 g/mol. The predicted molar refractivity (Wildman–Crippen MR) is 108 cm³/mol. The molecule has 1 amide bonds. The van der Waals surface area contributed by atoms with Crippen LogP contribution in [0.5, 0.6) is 23.0 Å². The summed E-state index contributed by atoms with van der Waals surface area (Å²) in [4.78, 5) is 12.8. The van der Waals surface area contributed by atoms with Crippen LogP contribution in [0, 0.1) is 0 Å². The van der Waals surface area contributed by atoms with Crippen LogP contribution in [-0.4, -0.2) is 33.3 Å². The van der Waals surface area contributed by atoms with Crippen molar-refractivity contribution in [1.82, 2.24) is 5.32 Å². The molecule has 2 aromatic rings. The van der Waals surface area contributed by atoms with Crippen molar-refractivity contribution in [3.63, 3.8) is 0 Å². The van der Waals surface area contributed by atoms with Gasteiger partial charge in [-0.05, 0) is 54.8 Å². The van der Waals surface area contributed by atoms with Crippen molar-refractivity contribution in [3.05, 3.63) is 48.0 Å². The van der Waals surface area contributed by atoms with Crippen LogP contribution in [0.4, 0.5) is 0 Å². The SMILES string of the molecule is CC[C@H](Oc1ccc(OC)cc1)C(=O)N[C@H](CC)c1ccc(OC)c(OC)c1. The number of carbonyl (C=O) groups excluding carboxylic acids is 1. The maximum atomic E-state index is 12.8. The zero-order valence-electron chi connectivity index (χ0n) is 17.2. The molecule has 6 nitrogen and oxygen atoms in total. The molecule has 2 atom stereocenters. The predicted octanol–water partition coefficient (Wildman–Crippen LogP) is 4.14. The van der Waals surface area contributed by atoms with Gasteiger partial charge < -0.3 is 24.3 Å². The van der Waals surface area contributed by atoms with Crippen molar-refractivity contribution < 1.29 is 23.7 Å². The summed E-state index contributed by atoms with van der Waals surface area (Å²) in [5.74, 6) is 2.50. The first-order valence-corrected chi connectivity index (χ1v) is 9.39. The van der Waals surface area contributed by atoms with E-state index < -0.39 is 6.10 Å². The Morgan fingerprint density at radius 3 is 2.04 bits per heavy atom. The Kier molecular flexibility index (Phi) is 7.99. The molecule has 0 bridgehead atoms. The second kappa shape index (κ2) is 10.4. The smallest absolute Gasteiger partial charge is 0.261 e. The molecule has 0 aliphatic rings. The molecule has 6 heteroatoms. The summed E-state index contributed by atoms with van der Waals surface area (Å²) in [5.41, 5.74) is 0.952. The number of hydrogen-bond donors (Lipinski definition) is 1. The third-order valence-corrected chi connectivity index (χ3v) is 4.54. The second-order valence-electron chi connectivity index (χ2n) is 6.27. The van der Waals surface area contributed by atoms with Gasteiger partial charge in [0.15, 0.2) is 17.6 Å². The summed E-state index contributed by atoms with van der Waals surface area (Å²) in [6.45, 7) is 3.94. The Morgan fingerprint density at radius 2 is 1.50 bits per heavy atom. The van der Waals surface area contributed by atoms with Gasteiger partial charge in [-0.2, -0.15) is 0 Å². The normalized spacial score (nSPS) is 12.6. The Morgan fingerprint density at radius 1 is 0.857 bits per heavy atom. The van der Waals surface area contributed by atoms with E-state index in [1.807, 2.05) is 32.0 Å². The van der Waals surface area contributed by atoms with E-state index in [1.54, 1.807) is 45.6 Å². The number of carbonyl (C=O) groups is 1. The minimum Gasteiger partial charge on any atom is -0.497 e. The van der Waals surface area contributed by atoms with Crippen molar-refractivity contribution >= 4 is 5.91 Å². The summed E-state index contributed by atoms with van der Waals surface area (Å²) in [6.07, 6.45) is 0.711. The van der Waals surface area contributed by atoms with E-state index >= 15 is 0 Å². The van der Waals surface area contributed by atoms with Crippen LogP contribution in [0.15, 0.2) is 42.5 Å². The molecule has 0 saturated carbocycles. The average Bonchev–Trinajstić information content (AvgIpc) is 2.75. The van der Waals surface area contributed by atoms with Crippen LogP contribution in [0.25, 0.3) is 0 Å². The molecule has 0 unspecified atom stereocenters. The van der Waals surface area contributed by atoms with Gasteiger partial charge in [0, 0.05) is 0 Å². The van der Waals surface area contributed by atoms with E-state index in [0.29, 0.717) is 23.7 Å². The first kappa shape index (κ1) is 21.4. The molecule has 0 heterocycles. The third kappa shape index (κ3) is 5.31.